The van der Waals surface area contributed by atoms with E-state index < -0.39 is 0 Å². The number of amides is 2. The first kappa shape index (κ1) is 14.9. The summed E-state index contributed by atoms with van der Waals surface area (Å²) in [6.45, 7) is 8.64. The van der Waals surface area contributed by atoms with E-state index in [0.29, 0.717) is 19.5 Å². The highest BCUT2D eigenvalue weighted by atomic mass is 16.2. The maximum Gasteiger partial charge on any atom is 0.221 e. The highest BCUT2D eigenvalue weighted by molar-refractivity contribution is 5.77. The fourth-order valence-electron chi connectivity index (χ4n) is 1.10. The molecule has 4 N–H and O–H groups in total. The molecule has 94 valence electrons. The maximum atomic E-state index is 11.4. The lowest BCUT2D eigenvalue weighted by molar-refractivity contribution is -0.122. The maximum absolute atomic E-state index is 11.4. The first-order valence-corrected chi connectivity index (χ1v) is 5.53. The normalized spacial score (nSPS) is 13.2. The van der Waals surface area contributed by atoms with Gasteiger partial charge in [-0.3, -0.25) is 9.59 Å². The largest absolute Gasteiger partial charge is 0.369 e. The molecule has 1 atom stereocenters. The van der Waals surface area contributed by atoms with E-state index in [1.807, 2.05) is 20.8 Å². The number of rotatable bonds is 6. The van der Waals surface area contributed by atoms with Gasteiger partial charge in [0.1, 0.15) is 0 Å². The molecule has 0 saturated heterocycles. The molecule has 0 radical (unpaired) electrons. The van der Waals surface area contributed by atoms with Gasteiger partial charge >= 0.3 is 0 Å². The van der Waals surface area contributed by atoms with Gasteiger partial charge in [0.2, 0.25) is 11.8 Å². The molecule has 0 bridgehead atoms. The van der Waals surface area contributed by atoms with Gasteiger partial charge in [0.05, 0.1) is 0 Å². The van der Waals surface area contributed by atoms with Crippen molar-refractivity contribution in [3.05, 3.63) is 0 Å². The Bertz CT molecular complexity index is 246. The van der Waals surface area contributed by atoms with E-state index in [1.54, 1.807) is 6.92 Å². The second-order valence-electron chi connectivity index (χ2n) is 5.06. The minimum absolute atomic E-state index is 0.00623. The van der Waals surface area contributed by atoms with Crippen LogP contribution >= 0.6 is 0 Å². The number of carbonyl (C=O) groups is 2. The molecular formula is C11H23N3O2. The molecule has 0 aromatic heterocycles. The Balaban J connectivity index is 3.60. The number of hydrogen-bond acceptors (Lipinski definition) is 3. The van der Waals surface area contributed by atoms with Gasteiger partial charge in [0.25, 0.3) is 0 Å². The molecule has 0 aliphatic heterocycles. The predicted molar refractivity (Wildman–Crippen MR) is 63.7 cm³/mol. The topological polar surface area (TPSA) is 84.2 Å². The van der Waals surface area contributed by atoms with Crippen molar-refractivity contribution >= 4 is 11.8 Å². The Kier molecular flexibility index (Phi) is 6.03. The van der Waals surface area contributed by atoms with Crippen LogP contribution in [0.15, 0.2) is 0 Å². The van der Waals surface area contributed by atoms with Crippen LogP contribution < -0.4 is 16.4 Å². The van der Waals surface area contributed by atoms with Crippen molar-refractivity contribution in [2.75, 3.05) is 13.1 Å². The Morgan fingerprint density at radius 2 is 1.88 bits per heavy atom. The number of carbonyl (C=O) groups excluding carboxylic acids is 2. The summed E-state index contributed by atoms with van der Waals surface area (Å²) in [5.41, 5.74) is 4.91. The van der Waals surface area contributed by atoms with Crippen molar-refractivity contribution < 1.29 is 9.59 Å². The van der Waals surface area contributed by atoms with Gasteiger partial charge in [-0.1, -0.05) is 6.92 Å². The number of primary amides is 1. The standard InChI is InChI=1S/C11H23N3O2/c1-8(10(12)16)7-13-6-5-9(15)14-11(2,3)4/h8,13H,5-7H2,1-4H3,(H2,12,16)(H,14,15). The fourth-order valence-corrected chi connectivity index (χ4v) is 1.10. The molecule has 0 aromatic rings. The zero-order valence-electron chi connectivity index (χ0n) is 10.6. The van der Waals surface area contributed by atoms with Crippen LogP contribution in [0.4, 0.5) is 0 Å². The van der Waals surface area contributed by atoms with Crippen LogP contribution in [0.3, 0.4) is 0 Å². The summed E-state index contributed by atoms with van der Waals surface area (Å²) in [5.74, 6) is -0.524. The lowest BCUT2D eigenvalue weighted by atomic mass is 10.1. The van der Waals surface area contributed by atoms with Crippen LogP contribution in [0, 0.1) is 5.92 Å². The highest BCUT2D eigenvalue weighted by Gasteiger charge is 2.13. The molecule has 0 heterocycles. The third-order valence-electron chi connectivity index (χ3n) is 1.98. The summed E-state index contributed by atoms with van der Waals surface area (Å²) >= 11 is 0. The summed E-state index contributed by atoms with van der Waals surface area (Å²) in [5, 5.41) is 5.88. The zero-order chi connectivity index (χ0) is 12.8. The van der Waals surface area contributed by atoms with E-state index in [4.69, 9.17) is 5.73 Å². The molecule has 0 fully saturated rings. The summed E-state index contributed by atoms with van der Waals surface area (Å²) < 4.78 is 0. The van der Waals surface area contributed by atoms with E-state index in [2.05, 4.69) is 10.6 Å². The molecule has 0 saturated carbocycles. The van der Waals surface area contributed by atoms with Gasteiger partial charge in [-0.25, -0.2) is 0 Å². The van der Waals surface area contributed by atoms with Crippen LogP contribution in [-0.2, 0) is 9.59 Å². The van der Waals surface area contributed by atoms with Gasteiger partial charge in [-0.15, -0.1) is 0 Å². The van der Waals surface area contributed by atoms with Gasteiger partial charge < -0.3 is 16.4 Å². The third kappa shape index (κ3) is 8.23. The van der Waals surface area contributed by atoms with Crippen LogP contribution in [0.25, 0.3) is 0 Å². The molecule has 0 aliphatic carbocycles. The Hall–Kier alpha value is -1.10. The third-order valence-corrected chi connectivity index (χ3v) is 1.98. The highest BCUT2D eigenvalue weighted by Crippen LogP contribution is 1.98. The van der Waals surface area contributed by atoms with E-state index >= 15 is 0 Å². The van der Waals surface area contributed by atoms with Gasteiger partial charge in [-0.2, -0.15) is 0 Å². The number of nitrogens with two attached hydrogens (primary N) is 1. The molecule has 2 amide bonds. The summed E-state index contributed by atoms with van der Waals surface area (Å²) in [6, 6.07) is 0. The predicted octanol–water partition coefficient (Wildman–Crippen LogP) is 0.00220. The van der Waals surface area contributed by atoms with Crippen molar-refractivity contribution in [1.82, 2.24) is 10.6 Å². The van der Waals surface area contributed by atoms with Crippen LogP contribution in [0.2, 0.25) is 0 Å². The summed E-state index contributed by atoms with van der Waals surface area (Å²) in [6.07, 6.45) is 0.406. The van der Waals surface area contributed by atoms with Crippen molar-refractivity contribution in [1.29, 1.82) is 0 Å². The first-order chi connectivity index (χ1) is 7.22. The monoisotopic (exact) mass is 229 g/mol. The second kappa shape index (κ2) is 6.48. The Morgan fingerprint density at radius 3 is 2.31 bits per heavy atom. The summed E-state index contributed by atoms with van der Waals surface area (Å²) in [7, 11) is 0. The molecule has 5 nitrogen and oxygen atoms in total. The van der Waals surface area contributed by atoms with Gasteiger partial charge in [-0.05, 0) is 20.8 Å². The Morgan fingerprint density at radius 1 is 1.31 bits per heavy atom. The van der Waals surface area contributed by atoms with E-state index in [0.717, 1.165) is 0 Å². The minimum atomic E-state index is -0.327. The van der Waals surface area contributed by atoms with Crippen molar-refractivity contribution in [2.24, 2.45) is 11.7 Å². The van der Waals surface area contributed by atoms with Crippen molar-refractivity contribution in [3.8, 4) is 0 Å². The van der Waals surface area contributed by atoms with Crippen molar-refractivity contribution in [3.63, 3.8) is 0 Å². The molecule has 0 spiro atoms. The van der Waals surface area contributed by atoms with Crippen LogP contribution in [0.5, 0.6) is 0 Å². The first-order valence-electron chi connectivity index (χ1n) is 5.53. The smallest absolute Gasteiger partial charge is 0.221 e. The number of hydrogen-bond donors (Lipinski definition) is 3. The average Bonchev–Trinajstić information content (AvgIpc) is 2.08. The van der Waals surface area contributed by atoms with E-state index in [9.17, 15) is 9.59 Å². The molecule has 0 rings (SSSR count). The molecule has 5 heteroatoms. The fraction of sp³-hybridized carbons (Fsp3) is 0.818. The van der Waals surface area contributed by atoms with Gasteiger partial charge in [0, 0.05) is 31.0 Å². The number of nitrogens with one attached hydrogen (secondary N) is 2. The quantitative estimate of drug-likeness (QED) is 0.561. The molecule has 16 heavy (non-hydrogen) atoms. The Labute approximate surface area is 97.2 Å². The lowest BCUT2D eigenvalue weighted by Crippen LogP contribution is -2.42. The average molecular weight is 229 g/mol. The van der Waals surface area contributed by atoms with Crippen LogP contribution in [0.1, 0.15) is 34.1 Å². The SMILES string of the molecule is CC(CNCCC(=O)NC(C)(C)C)C(N)=O. The van der Waals surface area contributed by atoms with Crippen molar-refractivity contribution in [2.45, 2.75) is 39.7 Å². The van der Waals surface area contributed by atoms with Gasteiger partial charge in [0.15, 0.2) is 0 Å². The minimum Gasteiger partial charge on any atom is -0.369 e. The zero-order valence-corrected chi connectivity index (χ0v) is 10.6. The lowest BCUT2D eigenvalue weighted by Gasteiger charge is -2.20. The van der Waals surface area contributed by atoms with E-state index in [-0.39, 0.29) is 23.3 Å². The second-order valence-corrected chi connectivity index (χ2v) is 5.06. The molecule has 0 aromatic carbocycles. The molecule has 0 aliphatic rings. The molecule has 1 unspecified atom stereocenters. The molecular weight excluding hydrogens is 206 g/mol. The van der Waals surface area contributed by atoms with Crippen LogP contribution in [-0.4, -0.2) is 30.4 Å². The van der Waals surface area contributed by atoms with E-state index in [1.165, 1.54) is 0 Å². The summed E-state index contributed by atoms with van der Waals surface area (Å²) in [4.78, 5) is 22.1.